The van der Waals surface area contributed by atoms with Gasteiger partial charge < -0.3 is 33.6 Å². The van der Waals surface area contributed by atoms with Crippen molar-refractivity contribution in [2.24, 2.45) is 0 Å². The summed E-state index contributed by atoms with van der Waals surface area (Å²) in [5.74, 6) is 0.0747. The maximum Gasteiger partial charge on any atom is 0.254 e. The highest BCUT2D eigenvalue weighted by molar-refractivity contribution is 5.94. The number of amides is 1. The van der Waals surface area contributed by atoms with Crippen molar-refractivity contribution in [3.63, 3.8) is 0 Å². The van der Waals surface area contributed by atoms with Gasteiger partial charge in [0.2, 0.25) is 0 Å². The smallest absolute Gasteiger partial charge is 0.254 e. The minimum atomic E-state index is -1.21. The van der Waals surface area contributed by atoms with Gasteiger partial charge in [0.15, 0.2) is 11.5 Å². The Morgan fingerprint density at radius 2 is 1.94 bits per heavy atom. The summed E-state index contributed by atoms with van der Waals surface area (Å²) < 4.78 is 17.2. The van der Waals surface area contributed by atoms with Crippen LogP contribution in [0.1, 0.15) is 41.4 Å². The number of nitrogens with one attached hydrogen (secondary N) is 1. The molecule has 8 heteroatoms. The van der Waals surface area contributed by atoms with E-state index >= 15 is 0 Å². The summed E-state index contributed by atoms with van der Waals surface area (Å²) in [5.41, 5.74) is 1.47. The van der Waals surface area contributed by atoms with Gasteiger partial charge in [-0.25, -0.2) is 0 Å². The normalized spacial score (nSPS) is 12.3. The molecule has 0 saturated heterocycles. The minimum absolute atomic E-state index is 0.123. The lowest BCUT2D eigenvalue weighted by Gasteiger charge is -2.29. The standard InChI is InChI=1S/C23H32N2O6/c1-6-7-16-8-9-20(21(10-16)29-5)31-15-19-11-17(14-30-19)23(28)24-18(12-22(26)27)13-25(2,3)4/h8-11,14,18H,6-7,12-13,15H2,1-5H3,(H-,24,26,27,28)/t18-/m1/s1. The first-order valence-corrected chi connectivity index (χ1v) is 10.3. The van der Waals surface area contributed by atoms with Crippen LogP contribution >= 0.6 is 0 Å². The topological polar surface area (TPSA) is 101 Å². The molecule has 1 atom stereocenters. The fourth-order valence-corrected chi connectivity index (χ4v) is 3.29. The van der Waals surface area contributed by atoms with Gasteiger partial charge in [0.1, 0.15) is 18.6 Å². The lowest BCUT2D eigenvalue weighted by molar-refractivity contribution is -0.871. The number of carbonyl (C=O) groups excluding carboxylic acids is 2. The summed E-state index contributed by atoms with van der Waals surface area (Å²) in [6.07, 6.45) is 3.07. The molecule has 0 bridgehead atoms. The zero-order valence-corrected chi connectivity index (χ0v) is 18.9. The number of likely N-dealkylation sites (N-methyl/N-ethyl adjacent to an activating group) is 1. The van der Waals surface area contributed by atoms with E-state index in [1.807, 2.05) is 39.3 Å². The zero-order chi connectivity index (χ0) is 23.0. The molecule has 1 N–H and O–H groups in total. The number of hydrogen-bond acceptors (Lipinski definition) is 6. The Hall–Kier alpha value is -3.00. The fraction of sp³-hybridized carbons (Fsp3) is 0.478. The second-order valence-corrected chi connectivity index (χ2v) is 8.54. The second-order valence-electron chi connectivity index (χ2n) is 8.54. The summed E-state index contributed by atoms with van der Waals surface area (Å²) in [4.78, 5) is 23.6. The van der Waals surface area contributed by atoms with Crippen LogP contribution in [0.4, 0.5) is 0 Å². The number of benzene rings is 1. The average Bonchev–Trinajstić information content (AvgIpc) is 3.14. The molecule has 2 aromatic rings. The van der Waals surface area contributed by atoms with Crippen LogP contribution in [0.5, 0.6) is 11.5 Å². The highest BCUT2D eigenvalue weighted by Crippen LogP contribution is 2.29. The Bertz CT molecular complexity index is 884. The number of rotatable bonds is 12. The summed E-state index contributed by atoms with van der Waals surface area (Å²) in [6.45, 7) is 2.68. The van der Waals surface area contributed by atoms with Gasteiger partial charge in [-0.3, -0.25) is 4.79 Å². The Kier molecular flexibility index (Phi) is 8.50. The molecule has 0 saturated carbocycles. The highest BCUT2D eigenvalue weighted by Gasteiger charge is 2.22. The maximum atomic E-state index is 12.6. The van der Waals surface area contributed by atoms with E-state index in [2.05, 4.69) is 12.2 Å². The van der Waals surface area contributed by atoms with Crippen LogP contribution in [0.2, 0.25) is 0 Å². The van der Waals surface area contributed by atoms with Gasteiger partial charge in [0, 0.05) is 12.4 Å². The van der Waals surface area contributed by atoms with Crippen molar-refractivity contribution in [3.8, 4) is 11.5 Å². The predicted molar refractivity (Wildman–Crippen MR) is 114 cm³/mol. The molecule has 31 heavy (non-hydrogen) atoms. The number of ether oxygens (including phenoxy) is 2. The van der Waals surface area contributed by atoms with E-state index in [-0.39, 0.29) is 13.0 Å². The van der Waals surface area contributed by atoms with E-state index in [9.17, 15) is 14.7 Å². The van der Waals surface area contributed by atoms with Gasteiger partial charge >= 0.3 is 0 Å². The molecule has 0 aliphatic heterocycles. The zero-order valence-electron chi connectivity index (χ0n) is 18.9. The molecule has 0 aliphatic carbocycles. The van der Waals surface area contributed by atoms with Gasteiger partial charge in [0.25, 0.3) is 5.91 Å². The number of aryl methyl sites for hydroxylation is 1. The van der Waals surface area contributed by atoms with E-state index in [0.29, 0.717) is 33.9 Å². The first kappa shape index (κ1) is 24.3. The fourth-order valence-electron chi connectivity index (χ4n) is 3.29. The molecule has 0 radical (unpaired) electrons. The maximum absolute atomic E-state index is 12.6. The number of hydrogen-bond donors (Lipinski definition) is 1. The third-order valence-electron chi connectivity index (χ3n) is 4.57. The van der Waals surface area contributed by atoms with Crippen molar-refractivity contribution in [3.05, 3.63) is 47.4 Å². The van der Waals surface area contributed by atoms with Crippen LogP contribution in [-0.2, 0) is 17.8 Å². The lowest BCUT2D eigenvalue weighted by atomic mass is 10.1. The van der Waals surface area contributed by atoms with Crippen LogP contribution in [-0.4, -0.2) is 57.2 Å². The third-order valence-corrected chi connectivity index (χ3v) is 4.57. The molecule has 1 heterocycles. The van der Waals surface area contributed by atoms with E-state index in [1.165, 1.54) is 11.8 Å². The molecule has 1 aromatic heterocycles. The molecule has 0 fully saturated rings. The van der Waals surface area contributed by atoms with Crippen molar-refractivity contribution in [1.82, 2.24) is 5.32 Å². The van der Waals surface area contributed by atoms with Gasteiger partial charge in [0.05, 0.1) is 46.4 Å². The number of methoxy groups -OCH3 is 1. The molecule has 8 nitrogen and oxygen atoms in total. The van der Waals surface area contributed by atoms with Crippen molar-refractivity contribution in [2.75, 3.05) is 34.8 Å². The Morgan fingerprint density at radius 1 is 1.19 bits per heavy atom. The molecular weight excluding hydrogens is 400 g/mol. The van der Waals surface area contributed by atoms with Crippen molar-refractivity contribution >= 4 is 11.9 Å². The number of carboxylic acid groups (broad SMARTS) is 1. The predicted octanol–water partition coefficient (Wildman–Crippen LogP) is 1.76. The SMILES string of the molecule is CCCc1ccc(OCc2cc(C(=O)N[C@H](CC(=O)[O-])C[N+](C)(C)C)co2)c(OC)c1. The van der Waals surface area contributed by atoms with Crippen LogP contribution in [0, 0.1) is 0 Å². The Balaban J connectivity index is 2.01. The van der Waals surface area contributed by atoms with E-state index in [0.717, 1.165) is 12.8 Å². The van der Waals surface area contributed by atoms with Gasteiger partial charge in [-0.15, -0.1) is 0 Å². The van der Waals surface area contributed by atoms with Crippen molar-refractivity contribution < 1.29 is 33.1 Å². The van der Waals surface area contributed by atoms with Crippen molar-refractivity contribution in [1.29, 1.82) is 0 Å². The van der Waals surface area contributed by atoms with Crippen LogP contribution < -0.4 is 19.9 Å². The number of quaternary nitrogens is 1. The summed E-state index contributed by atoms with van der Waals surface area (Å²) in [6, 6.07) is 6.82. The number of furan rings is 1. The molecule has 0 spiro atoms. The monoisotopic (exact) mass is 432 g/mol. The molecular formula is C23H32N2O6. The van der Waals surface area contributed by atoms with Crippen LogP contribution in [0.3, 0.4) is 0 Å². The van der Waals surface area contributed by atoms with Gasteiger partial charge in [-0.05, 0) is 30.2 Å². The van der Waals surface area contributed by atoms with Crippen LogP contribution in [0.15, 0.2) is 34.9 Å². The number of nitrogens with zero attached hydrogens (tertiary/aromatic N) is 1. The molecule has 170 valence electrons. The van der Waals surface area contributed by atoms with E-state index < -0.39 is 17.9 Å². The Morgan fingerprint density at radius 3 is 2.55 bits per heavy atom. The molecule has 1 aromatic carbocycles. The minimum Gasteiger partial charge on any atom is -0.550 e. The molecule has 2 rings (SSSR count). The summed E-state index contributed by atoms with van der Waals surface area (Å²) in [7, 11) is 7.35. The summed E-state index contributed by atoms with van der Waals surface area (Å²) in [5, 5.41) is 13.8. The number of carboxylic acids is 1. The number of aliphatic carboxylic acids is 1. The largest absolute Gasteiger partial charge is 0.550 e. The third kappa shape index (κ3) is 7.97. The van der Waals surface area contributed by atoms with Gasteiger partial charge in [-0.2, -0.15) is 0 Å². The average molecular weight is 433 g/mol. The molecule has 1 amide bonds. The lowest BCUT2D eigenvalue weighted by Crippen LogP contribution is -2.50. The quantitative estimate of drug-likeness (QED) is 0.513. The van der Waals surface area contributed by atoms with Crippen molar-refractivity contribution in [2.45, 2.75) is 38.8 Å². The summed E-state index contributed by atoms with van der Waals surface area (Å²) >= 11 is 0. The Labute approximate surface area is 183 Å². The first-order chi connectivity index (χ1) is 14.6. The van der Waals surface area contributed by atoms with E-state index in [4.69, 9.17) is 13.9 Å². The second kappa shape index (κ2) is 10.9. The first-order valence-electron chi connectivity index (χ1n) is 10.3. The van der Waals surface area contributed by atoms with Gasteiger partial charge in [-0.1, -0.05) is 19.4 Å². The molecule has 0 aliphatic rings. The number of carbonyl (C=O) groups is 2. The highest BCUT2D eigenvalue weighted by atomic mass is 16.5. The van der Waals surface area contributed by atoms with Crippen LogP contribution in [0.25, 0.3) is 0 Å². The molecule has 0 unspecified atom stereocenters. The van der Waals surface area contributed by atoms with E-state index in [1.54, 1.807) is 13.2 Å².